The van der Waals surface area contributed by atoms with Crippen LogP contribution >= 0.6 is 0 Å². The van der Waals surface area contributed by atoms with Crippen molar-refractivity contribution in [2.45, 2.75) is 70.1 Å². The molecule has 0 N–H and O–H groups in total. The second-order valence-electron chi connectivity index (χ2n) is 8.67. The third-order valence-electron chi connectivity index (χ3n) is 8.03. The molecule has 3 saturated carbocycles. The van der Waals surface area contributed by atoms with Crippen molar-refractivity contribution < 1.29 is 0 Å². The lowest BCUT2D eigenvalue weighted by molar-refractivity contribution is 0.509. The van der Waals surface area contributed by atoms with Crippen LogP contribution in [0, 0.1) is 31.6 Å². The van der Waals surface area contributed by atoms with Crippen molar-refractivity contribution in [1.29, 1.82) is 0 Å². The zero-order valence-electron chi connectivity index (χ0n) is 12.9. The van der Waals surface area contributed by atoms with Crippen LogP contribution in [0.5, 0.6) is 0 Å². The van der Waals surface area contributed by atoms with Crippen LogP contribution < -0.4 is 0 Å². The lowest BCUT2D eigenvalue weighted by atomic mass is 9.74. The Labute approximate surface area is 122 Å². The smallest absolute Gasteiger partial charge is 0.0119 e. The predicted molar refractivity (Wildman–Crippen MR) is 81.5 cm³/mol. The SMILES string of the molecule is Cc1c2c(c(C)c3c1C1CC3C3CC13)C1CC2CC1C. The minimum Gasteiger partial charge on any atom is -0.0619 e. The molecule has 0 heteroatoms. The molecule has 7 atom stereocenters. The van der Waals surface area contributed by atoms with E-state index in [2.05, 4.69) is 20.8 Å². The van der Waals surface area contributed by atoms with Crippen LogP contribution in [0.3, 0.4) is 0 Å². The molecular weight excluding hydrogens is 240 g/mol. The minimum absolute atomic E-state index is 0.910. The molecule has 104 valence electrons. The van der Waals surface area contributed by atoms with Crippen LogP contribution in [0.2, 0.25) is 0 Å². The maximum atomic E-state index is 2.50. The summed E-state index contributed by atoms with van der Waals surface area (Å²) in [6.07, 6.45) is 6.01. The van der Waals surface area contributed by atoms with Gasteiger partial charge in [0.25, 0.3) is 0 Å². The van der Waals surface area contributed by atoms with Crippen LogP contribution in [0.1, 0.15) is 89.7 Å². The van der Waals surface area contributed by atoms with Crippen molar-refractivity contribution >= 4 is 0 Å². The van der Waals surface area contributed by atoms with Gasteiger partial charge in [-0.3, -0.25) is 0 Å². The fourth-order valence-electron chi connectivity index (χ4n) is 7.39. The van der Waals surface area contributed by atoms with Gasteiger partial charge in [-0.05, 0) is 114 Å². The Morgan fingerprint density at radius 2 is 1.25 bits per heavy atom. The van der Waals surface area contributed by atoms with Gasteiger partial charge in [0, 0.05) is 0 Å². The summed E-state index contributed by atoms with van der Waals surface area (Å²) in [5.74, 6) is 6.91. The average Bonchev–Trinajstić information content (AvgIpc) is 2.76. The van der Waals surface area contributed by atoms with Gasteiger partial charge in [0.1, 0.15) is 0 Å². The Morgan fingerprint density at radius 3 is 1.95 bits per heavy atom. The normalized spacial score (nSPS) is 48.5. The molecule has 3 fully saturated rings. The lowest BCUT2D eigenvalue weighted by Gasteiger charge is -2.30. The number of hydrogen-bond acceptors (Lipinski definition) is 0. The fourth-order valence-corrected chi connectivity index (χ4v) is 7.39. The maximum Gasteiger partial charge on any atom is -0.0119 e. The van der Waals surface area contributed by atoms with Gasteiger partial charge in [0.05, 0.1) is 0 Å². The van der Waals surface area contributed by atoms with Crippen molar-refractivity contribution in [2.75, 3.05) is 0 Å². The Bertz CT molecular complexity index is 655. The monoisotopic (exact) mass is 264 g/mol. The fraction of sp³-hybridized carbons (Fsp3) is 0.700. The van der Waals surface area contributed by atoms with Gasteiger partial charge in [0.2, 0.25) is 0 Å². The number of fused-ring (bicyclic) bond motifs is 13. The van der Waals surface area contributed by atoms with Crippen LogP contribution in [0.25, 0.3) is 0 Å². The molecule has 0 heterocycles. The molecule has 0 aromatic heterocycles. The van der Waals surface area contributed by atoms with E-state index in [4.69, 9.17) is 0 Å². The van der Waals surface area contributed by atoms with Crippen molar-refractivity contribution in [3.05, 3.63) is 33.4 Å². The summed E-state index contributed by atoms with van der Waals surface area (Å²) >= 11 is 0. The van der Waals surface area contributed by atoms with E-state index >= 15 is 0 Å². The molecule has 7 unspecified atom stereocenters. The molecule has 4 bridgehead atoms. The van der Waals surface area contributed by atoms with Gasteiger partial charge in [-0.25, -0.2) is 0 Å². The van der Waals surface area contributed by atoms with Crippen molar-refractivity contribution in [3.63, 3.8) is 0 Å². The van der Waals surface area contributed by atoms with Gasteiger partial charge in [-0.2, -0.15) is 0 Å². The molecular formula is C20H24. The highest BCUT2D eigenvalue weighted by Gasteiger charge is 2.61. The number of hydrogen-bond donors (Lipinski definition) is 0. The first-order valence-electron chi connectivity index (χ1n) is 8.83. The van der Waals surface area contributed by atoms with Crippen LogP contribution in [-0.4, -0.2) is 0 Å². The zero-order chi connectivity index (χ0) is 13.3. The summed E-state index contributed by atoms with van der Waals surface area (Å²) in [4.78, 5) is 0. The van der Waals surface area contributed by atoms with Gasteiger partial charge in [-0.1, -0.05) is 6.92 Å². The highest BCUT2D eigenvalue weighted by Crippen LogP contribution is 2.73. The van der Waals surface area contributed by atoms with E-state index in [1.165, 1.54) is 19.3 Å². The van der Waals surface area contributed by atoms with E-state index in [-0.39, 0.29) is 0 Å². The number of rotatable bonds is 0. The standard InChI is InChI=1S/C20H24/c1-8-4-11-5-12(8)18-10(3)20-16-7-15(13-6-14(13)16)19(20)9(2)17(11)18/h8,11-16H,4-7H2,1-3H3. The Balaban J connectivity index is 1.68. The molecule has 0 radical (unpaired) electrons. The quantitative estimate of drug-likeness (QED) is 0.609. The average molecular weight is 264 g/mol. The molecule has 6 rings (SSSR count). The molecule has 0 aliphatic heterocycles. The van der Waals surface area contributed by atoms with E-state index < -0.39 is 0 Å². The Kier molecular flexibility index (Phi) is 1.65. The summed E-state index contributed by atoms with van der Waals surface area (Å²) in [7, 11) is 0. The van der Waals surface area contributed by atoms with Gasteiger partial charge < -0.3 is 0 Å². The lowest BCUT2D eigenvalue weighted by Crippen LogP contribution is -2.16. The molecule has 5 aliphatic rings. The second kappa shape index (κ2) is 3.03. The van der Waals surface area contributed by atoms with E-state index in [1.54, 1.807) is 17.5 Å². The first-order valence-corrected chi connectivity index (χ1v) is 8.83. The summed E-state index contributed by atoms with van der Waals surface area (Å²) in [6.45, 7) is 7.47. The first kappa shape index (κ1) is 10.9. The molecule has 0 spiro atoms. The van der Waals surface area contributed by atoms with Gasteiger partial charge in [-0.15, -0.1) is 0 Å². The predicted octanol–water partition coefficient (Wildman–Crippen LogP) is 5.13. The van der Waals surface area contributed by atoms with E-state index in [1.807, 2.05) is 22.3 Å². The third kappa shape index (κ3) is 0.946. The number of benzene rings is 1. The molecule has 5 aliphatic carbocycles. The van der Waals surface area contributed by atoms with Crippen molar-refractivity contribution in [1.82, 2.24) is 0 Å². The minimum atomic E-state index is 0.910. The summed E-state index contributed by atoms with van der Waals surface area (Å²) < 4.78 is 0. The molecule has 1 aromatic rings. The van der Waals surface area contributed by atoms with Crippen molar-refractivity contribution in [3.8, 4) is 0 Å². The van der Waals surface area contributed by atoms with Crippen LogP contribution in [-0.2, 0) is 0 Å². The highest BCUT2D eigenvalue weighted by atomic mass is 14.7. The summed E-state index contributed by atoms with van der Waals surface area (Å²) in [6, 6.07) is 0. The molecule has 0 saturated heterocycles. The first-order chi connectivity index (χ1) is 9.66. The van der Waals surface area contributed by atoms with E-state index in [0.29, 0.717) is 0 Å². The molecule has 0 amide bonds. The Morgan fingerprint density at radius 1 is 0.650 bits per heavy atom. The Hall–Kier alpha value is -0.780. The van der Waals surface area contributed by atoms with Gasteiger partial charge >= 0.3 is 0 Å². The van der Waals surface area contributed by atoms with E-state index in [0.717, 1.165) is 41.4 Å². The summed E-state index contributed by atoms with van der Waals surface area (Å²) in [5.41, 5.74) is 10.9. The highest BCUT2D eigenvalue weighted by molar-refractivity contribution is 5.63. The largest absolute Gasteiger partial charge is 0.0619 e. The third-order valence-corrected chi connectivity index (χ3v) is 8.03. The van der Waals surface area contributed by atoms with Gasteiger partial charge in [0.15, 0.2) is 0 Å². The van der Waals surface area contributed by atoms with E-state index in [9.17, 15) is 0 Å². The van der Waals surface area contributed by atoms with Crippen LogP contribution in [0.15, 0.2) is 0 Å². The van der Waals surface area contributed by atoms with Crippen LogP contribution in [0.4, 0.5) is 0 Å². The molecule has 20 heavy (non-hydrogen) atoms. The molecule has 0 nitrogen and oxygen atoms in total. The second-order valence-corrected chi connectivity index (χ2v) is 8.67. The van der Waals surface area contributed by atoms with Crippen molar-refractivity contribution in [2.24, 2.45) is 17.8 Å². The zero-order valence-corrected chi connectivity index (χ0v) is 12.9. The topological polar surface area (TPSA) is 0 Å². The maximum absolute atomic E-state index is 2.50. The molecule has 1 aromatic carbocycles. The summed E-state index contributed by atoms with van der Waals surface area (Å²) in [5, 5.41) is 0.